The molecule has 1 aliphatic carbocycles. The quantitative estimate of drug-likeness (QED) is 0.519. The van der Waals surface area contributed by atoms with E-state index in [1.54, 1.807) is 17.4 Å². The summed E-state index contributed by atoms with van der Waals surface area (Å²) in [5.74, 6) is -0.179. The summed E-state index contributed by atoms with van der Waals surface area (Å²) in [4.78, 5) is 5.73. The first-order valence-corrected chi connectivity index (χ1v) is 9.53. The molecule has 3 rings (SSSR count). The molecule has 0 amide bonds. The predicted molar refractivity (Wildman–Crippen MR) is 103 cm³/mol. The molecule has 0 fully saturated rings. The lowest BCUT2D eigenvalue weighted by Gasteiger charge is -2.21. The van der Waals surface area contributed by atoms with Crippen LogP contribution in [0.25, 0.3) is 0 Å². The summed E-state index contributed by atoms with van der Waals surface area (Å²) in [6.45, 7) is 3.87. The molecule has 25 heavy (non-hydrogen) atoms. The molecular formula is C18H28N4O2S. The topological polar surface area (TPSA) is 117 Å². The summed E-state index contributed by atoms with van der Waals surface area (Å²) in [7, 11) is 0. The fourth-order valence-corrected chi connectivity index (χ4v) is 3.77. The molecule has 7 N–H and O–H groups in total. The third kappa shape index (κ3) is 5.88. The summed E-state index contributed by atoms with van der Waals surface area (Å²) in [5, 5.41) is 22.3. The number of aromatic nitrogens is 1. The Morgan fingerprint density at radius 3 is 2.80 bits per heavy atom. The number of phenols is 2. The van der Waals surface area contributed by atoms with Crippen LogP contribution in [0.4, 0.5) is 5.13 Å². The van der Waals surface area contributed by atoms with Gasteiger partial charge in [-0.25, -0.2) is 4.98 Å². The van der Waals surface area contributed by atoms with Crippen molar-refractivity contribution in [2.24, 2.45) is 5.73 Å². The molecule has 2 aromatic rings. The van der Waals surface area contributed by atoms with Crippen molar-refractivity contribution >= 4 is 16.5 Å². The van der Waals surface area contributed by atoms with Gasteiger partial charge in [0.05, 0.1) is 5.69 Å². The van der Waals surface area contributed by atoms with E-state index in [0.29, 0.717) is 19.0 Å². The van der Waals surface area contributed by atoms with Gasteiger partial charge in [0.15, 0.2) is 16.6 Å². The number of benzene rings is 1. The van der Waals surface area contributed by atoms with Gasteiger partial charge in [0.1, 0.15) is 0 Å². The molecular weight excluding hydrogens is 336 g/mol. The maximum Gasteiger partial charge on any atom is 0.180 e. The van der Waals surface area contributed by atoms with E-state index < -0.39 is 0 Å². The second-order valence-electron chi connectivity index (χ2n) is 6.18. The average molecular weight is 365 g/mol. The van der Waals surface area contributed by atoms with Gasteiger partial charge in [0.2, 0.25) is 0 Å². The van der Waals surface area contributed by atoms with Crippen molar-refractivity contribution in [2.75, 3.05) is 18.8 Å². The first-order valence-electron chi connectivity index (χ1n) is 8.71. The van der Waals surface area contributed by atoms with Gasteiger partial charge >= 0.3 is 0 Å². The van der Waals surface area contributed by atoms with Crippen LogP contribution in [0.15, 0.2) is 18.2 Å². The Hall–Kier alpha value is -1.83. The summed E-state index contributed by atoms with van der Waals surface area (Å²) in [5.41, 5.74) is 13.2. The van der Waals surface area contributed by atoms with Crippen molar-refractivity contribution in [3.8, 4) is 11.5 Å². The number of phenolic OH excluding ortho intramolecular Hbond substituents is 2. The number of nitrogen functional groups attached to an aromatic ring is 1. The summed E-state index contributed by atoms with van der Waals surface area (Å²) >= 11 is 1.65. The number of anilines is 1. The SMILES string of the molecule is CCCN[C@H]1CCc2nc(N)sc2C1.NCCc1ccc(O)c(O)c1. The fourth-order valence-electron chi connectivity index (χ4n) is 2.81. The molecule has 0 saturated heterocycles. The molecule has 1 aliphatic rings. The molecule has 1 aromatic heterocycles. The van der Waals surface area contributed by atoms with Gasteiger partial charge in [-0.3, -0.25) is 0 Å². The Labute approximate surface area is 152 Å². The van der Waals surface area contributed by atoms with E-state index in [-0.39, 0.29) is 11.5 Å². The first kappa shape index (κ1) is 19.5. The van der Waals surface area contributed by atoms with E-state index in [4.69, 9.17) is 21.7 Å². The predicted octanol–water partition coefficient (Wildman–Crippen LogP) is 2.18. The minimum atomic E-state index is -0.0919. The van der Waals surface area contributed by atoms with Gasteiger partial charge in [0.25, 0.3) is 0 Å². The van der Waals surface area contributed by atoms with Gasteiger partial charge in [-0.05, 0) is 62.9 Å². The zero-order valence-corrected chi connectivity index (χ0v) is 15.5. The van der Waals surface area contributed by atoms with E-state index in [1.807, 2.05) is 0 Å². The van der Waals surface area contributed by atoms with Crippen molar-refractivity contribution in [3.05, 3.63) is 34.3 Å². The monoisotopic (exact) mass is 364 g/mol. The second-order valence-corrected chi connectivity index (χ2v) is 7.29. The molecule has 0 unspecified atom stereocenters. The van der Waals surface area contributed by atoms with E-state index in [9.17, 15) is 0 Å². The van der Waals surface area contributed by atoms with Crippen LogP contribution >= 0.6 is 11.3 Å². The minimum absolute atomic E-state index is 0.0871. The highest BCUT2D eigenvalue weighted by atomic mass is 32.1. The second kappa shape index (κ2) is 9.60. The maximum atomic E-state index is 9.04. The van der Waals surface area contributed by atoms with E-state index in [0.717, 1.165) is 30.1 Å². The molecule has 0 saturated carbocycles. The van der Waals surface area contributed by atoms with Gasteiger partial charge in [-0.2, -0.15) is 0 Å². The molecule has 138 valence electrons. The third-order valence-electron chi connectivity index (χ3n) is 4.11. The van der Waals surface area contributed by atoms with E-state index >= 15 is 0 Å². The average Bonchev–Trinajstić information content (AvgIpc) is 2.96. The Kier molecular flexibility index (Phi) is 7.49. The van der Waals surface area contributed by atoms with Crippen molar-refractivity contribution in [3.63, 3.8) is 0 Å². The number of thiazole rings is 1. The van der Waals surface area contributed by atoms with Gasteiger partial charge in [-0.1, -0.05) is 13.0 Å². The normalized spacial score (nSPS) is 16.0. The lowest BCUT2D eigenvalue weighted by atomic mass is 9.98. The highest BCUT2D eigenvalue weighted by Crippen LogP contribution is 2.28. The van der Waals surface area contributed by atoms with Gasteiger partial charge in [-0.15, -0.1) is 11.3 Å². The van der Waals surface area contributed by atoms with Crippen LogP contribution in [0.5, 0.6) is 11.5 Å². The zero-order chi connectivity index (χ0) is 18.2. The Morgan fingerprint density at radius 1 is 1.32 bits per heavy atom. The van der Waals surface area contributed by atoms with Crippen LogP contribution in [-0.2, 0) is 19.3 Å². The van der Waals surface area contributed by atoms with Crippen LogP contribution in [0.3, 0.4) is 0 Å². The van der Waals surface area contributed by atoms with Crippen LogP contribution < -0.4 is 16.8 Å². The molecule has 0 spiro atoms. The number of rotatable bonds is 5. The largest absolute Gasteiger partial charge is 0.504 e. The molecule has 7 heteroatoms. The molecule has 1 atom stereocenters. The highest BCUT2D eigenvalue weighted by molar-refractivity contribution is 7.15. The molecule has 6 nitrogen and oxygen atoms in total. The summed E-state index contributed by atoms with van der Waals surface area (Å²) < 4.78 is 0. The fraction of sp³-hybridized carbons (Fsp3) is 0.500. The number of hydrogen-bond acceptors (Lipinski definition) is 7. The number of aromatic hydroxyl groups is 2. The van der Waals surface area contributed by atoms with Crippen LogP contribution in [-0.4, -0.2) is 34.3 Å². The number of hydrogen-bond donors (Lipinski definition) is 5. The lowest BCUT2D eigenvalue weighted by molar-refractivity contribution is 0.403. The van der Waals surface area contributed by atoms with Crippen molar-refractivity contribution in [2.45, 2.75) is 45.1 Å². The smallest absolute Gasteiger partial charge is 0.180 e. The summed E-state index contributed by atoms with van der Waals surface area (Å²) in [6.07, 6.45) is 5.33. The molecule has 0 aliphatic heterocycles. The van der Waals surface area contributed by atoms with Crippen molar-refractivity contribution < 1.29 is 10.2 Å². The maximum absolute atomic E-state index is 9.04. The highest BCUT2D eigenvalue weighted by Gasteiger charge is 2.21. The summed E-state index contributed by atoms with van der Waals surface area (Å²) in [6, 6.07) is 5.35. The van der Waals surface area contributed by atoms with Crippen molar-refractivity contribution in [1.29, 1.82) is 0 Å². The first-order chi connectivity index (χ1) is 12.0. The van der Waals surface area contributed by atoms with Gasteiger partial charge in [0, 0.05) is 10.9 Å². The molecule has 0 radical (unpaired) electrons. The number of nitrogens with zero attached hydrogens (tertiary/aromatic N) is 1. The Balaban J connectivity index is 0.000000186. The minimum Gasteiger partial charge on any atom is -0.504 e. The van der Waals surface area contributed by atoms with Gasteiger partial charge < -0.3 is 27.0 Å². The zero-order valence-electron chi connectivity index (χ0n) is 14.7. The van der Waals surface area contributed by atoms with Crippen LogP contribution in [0.2, 0.25) is 0 Å². The molecule has 0 bridgehead atoms. The van der Waals surface area contributed by atoms with Crippen LogP contribution in [0, 0.1) is 0 Å². The lowest BCUT2D eigenvalue weighted by Crippen LogP contribution is -2.34. The molecule has 1 aromatic carbocycles. The molecule has 1 heterocycles. The van der Waals surface area contributed by atoms with Crippen LogP contribution in [0.1, 0.15) is 35.9 Å². The number of nitrogens with two attached hydrogens (primary N) is 2. The number of fused-ring (bicyclic) bond motifs is 1. The van der Waals surface area contributed by atoms with E-state index in [1.165, 1.54) is 35.5 Å². The number of nitrogens with one attached hydrogen (secondary N) is 1. The number of aryl methyl sites for hydroxylation is 1. The third-order valence-corrected chi connectivity index (χ3v) is 5.06. The Morgan fingerprint density at radius 2 is 2.12 bits per heavy atom. The Bertz CT molecular complexity index is 675. The van der Waals surface area contributed by atoms with Crippen molar-refractivity contribution in [1.82, 2.24) is 10.3 Å². The van der Waals surface area contributed by atoms with E-state index in [2.05, 4.69) is 17.2 Å². The standard InChI is InChI=1S/C10H17N3S.C8H11NO2/c1-2-5-12-7-3-4-8-9(6-7)14-10(11)13-8;9-4-3-6-1-2-7(10)8(11)5-6/h7,12H,2-6H2,1H3,(H2,11,13);1-2,5,10-11H,3-4,9H2/t7-;/m0./s1.